The van der Waals surface area contributed by atoms with E-state index in [0.29, 0.717) is 17.9 Å². The Bertz CT molecular complexity index is 880. The van der Waals surface area contributed by atoms with Crippen LogP contribution in [0.5, 0.6) is 0 Å². The first-order valence-electron chi connectivity index (χ1n) is 10.4. The van der Waals surface area contributed by atoms with Gasteiger partial charge in [0.05, 0.1) is 13.7 Å². The number of carbonyl (C=O) groups is 1. The Balaban J connectivity index is 2.68. The van der Waals surface area contributed by atoms with Gasteiger partial charge in [-0.1, -0.05) is 43.0 Å². The van der Waals surface area contributed by atoms with Crippen molar-refractivity contribution in [2.75, 3.05) is 33.7 Å². The second-order valence-corrected chi connectivity index (χ2v) is 7.03. The van der Waals surface area contributed by atoms with Gasteiger partial charge in [0.2, 0.25) is 0 Å². The highest BCUT2D eigenvalue weighted by atomic mass is 32.1. The lowest BCUT2D eigenvalue weighted by atomic mass is 10.2. The molecule has 0 aromatic carbocycles. The quantitative estimate of drug-likeness (QED) is 0.331. The Kier molecular flexibility index (Phi) is 14.6. The molecule has 1 rings (SSSR count). The monoisotopic (exact) mass is 471 g/mol. The summed E-state index contributed by atoms with van der Waals surface area (Å²) in [7, 11) is 1.52. The van der Waals surface area contributed by atoms with Crippen molar-refractivity contribution in [2.24, 2.45) is 0 Å². The molecule has 1 aliphatic heterocycles. The van der Waals surface area contributed by atoms with Gasteiger partial charge in [-0.3, -0.25) is 10.1 Å². The first-order chi connectivity index (χ1) is 16.0. The summed E-state index contributed by atoms with van der Waals surface area (Å²) in [5, 5.41) is 8.99. The van der Waals surface area contributed by atoms with E-state index in [0.717, 1.165) is 11.3 Å². The number of hydrogen-bond donors (Lipinski definition) is 3. The fraction of sp³-hybridized carbons (Fsp3) is 0.280. The van der Waals surface area contributed by atoms with E-state index in [1.165, 1.54) is 7.11 Å². The summed E-state index contributed by atoms with van der Waals surface area (Å²) >= 11 is 5.24. The minimum atomic E-state index is -0.382. The second-order valence-electron chi connectivity index (χ2n) is 6.62. The predicted molar refractivity (Wildman–Crippen MR) is 137 cm³/mol. The maximum absolute atomic E-state index is 12.6. The molecule has 0 spiro atoms. The van der Waals surface area contributed by atoms with Crippen molar-refractivity contribution in [1.29, 1.82) is 0 Å². The van der Waals surface area contributed by atoms with Crippen LogP contribution in [-0.2, 0) is 19.0 Å². The van der Waals surface area contributed by atoms with Crippen LogP contribution < -0.4 is 16.0 Å². The highest BCUT2D eigenvalue weighted by Crippen LogP contribution is 2.07. The molecule has 0 saturated heterocycles. The zero-order chi connectivity index (χ0) is 24.3. The molecule has 0 unspecified atom stereocenters. The summed E-state index contributed by atoms with van der Waals surface area (Å²) in [4.78, 5) is 12.6. The van der Waals surface area contributed by atoms with Crippen molar-refractivity contribution in [2.45, 2.75) is 13.8 Å². The summed E-state index contributed by atoms with van der Waals surface area (Å²) in [5.41, 5.74) is 2.15. The Morgan fingerprint density at radius 1 is 1.21 bits per heavy atom. The maximum Gasteiger partial charge on any atom is 0.257 e. The molecule has 33 heavy (non-hydrogen) atoms. The smallest absolute Gasteiger partial charge is 0.257 e. The minimum Gasteiger partial charge on any atom is -0.499 e. The third-order valence-corrected chi connectivity index (χ3v) is 4.22. The van der Waals surface area contributed by atoms with Crippen LogP contribution in [0.3, 0.4) is 0 Å². The maximum atomic E-state index is 12.6. The number of hydrogen-bond acceptors (Lipinski definition) is 6. The summed E-state index contributed by atoms with van der Waals surface area (Å²) in [6.07, 6.45) is 20.2. The summed E-state index contributed by atoms with van der Waals surface area (Å²) in [5.74, 6) is 0.126. The highest BCUT2D eigenvalue weighted by Gasteiger charge is 2.12. The molecule has 1 heterocycles. The Labute approximate surface area is 201 Å². The predicted octanol–water partition coefficient (Wildman–Crippen LogP) is 3.69. The van der Waals surface area contributed by atoms with E-state index in [9.17, 15) is 4.79 Å². The summed E-state index contributed by atoms with van der Waals surface area (Å²) < 4.78 is 15.8. The van der Waals surface area contributed by atoms with E-state index in [1.807, 2.05) is 62.5 Å². The zero-order valence-electron chi connectivity index (χ0n) is 19.4. The van der Waals surface area contributed by atoms with Crippen LogP contribution in [0.2, 0.25) is 0 Å². The number of rotatable bonds is 10. The zero-order valence-corrected chi connectivity index (χ0v) is 20.2. The van der Waals surface area contributed by atoms with E-state index in [4.69, 9.17) is 26.4 Å². The molecule has 1 amide bonds. The van der Waals surface area contributed by atoms with Crippen LogP contribution in [0, 0.1) is 0 Å². The summed E-state index contributed by atoms with van der Waals surface area (Å²) in [6, 6.07) is 0. The molecule has 8 heteroatoms. The van der Waals surface area contributed by atoms with Gasteiger partial charge in [0, 0.05) is 24.0 Å². The molecule has 0 aliphatic carbocycles. The van der Waals surface area contributed by atoms with E-state index in [2.05, 4.69) is 22.5 Å². The molecule has 0 atom stereocenters. The van der Waals surface area contributed by atoms with Gasteiger partial charge in [0.1, 0.15) is 19.2 Å². The Hall–Kier alpha value is -3.20. The third-order valence-electron chi connectivity index (χ3n) is 4.00. The molecule has 0 bridgehead atoms. The average molecular weight is 472 g/mol. The van der Waals surface area contributed by atoms with Gasteiger partial charge >= 0.3 is 0 Å². The number of amides is 1. The third kappa shape index (κ3) is 13.1. The van der Waals surface area contributed by atoms with Crippen LogP contribution in [0.25, 0.3) is 0 Å². The van der Waals surface area contributed by atoms with Gasteiger partial charge in [0.25, 0.3) is 5.91 Å². The van der Waals surface area contributed by atoms with Gasteiger partial charge in [0.15, 0.2) is 5.11 Å². The van der Waals surface area contributed by atoms with Gasteiger partial charge in [-0.25, -0.2) is 0 Å². The fourth-order valence-corrected chi connectivity index (χ4v) is 2.48. The minimum absolute atomic E-state index is 0.118. The number of nitrogens with one attached hydrogen (secondary N) is 3. The lowest BCUT2D eigenvalue weighted by molar-refractivity contribution is -0.115. The van der Waals surface area contributed by atoms with Gasteiger partial charge in [-0.15, -0.1) is 0 Å². The molecule has 0 fully saturated rings. The standard InChI is InChI=1S/C25H33N3O4S/c1-5-7-9-10-20(3)17-27-22(11-8-6-2)12-14-26-25(33)28-24(29)21-13-15-31-19-32-18-23(16-21)30-4/h5-14,16,27H,3,15,17-19H2,1-2,4H3,(H2,26,28,29,33)/b7-5-,8-6-,10-9-,14-12+,21-13+,22-11+,23-16+. The molecular formula is C25H33N3O4S. The van der Waals surface area contributed by atoms with E-state index < -0.39 is 0 Å². The van der Waals surface area contributed by atoms with Gasteiger partial charge in [-0.2, -0.15) is 0 Å². The molecule has 3 N–H and O–H groups in total. The average Bonchev–Trinajstić information content (AvgIpc) is 2.92. The largest absolute Gasteiger partial charge is 0.499 e. The molecular weight excluding hydrogens is 438 g/mol. The van der Waals surface area contributed by atoms with Crippen LogP contribution in [0.4, 0.5) is 0 Å². The van der Waals surface area contributed by atoms with Gasteiger partial charge < -0.3 is 24.8 Å². The number of thiocarbonyl (C=S) groups is 1. The number of carbonyl (C=O) groups excluding carboxylic acids is 1. The van der Waals surface area contributed by atoms with Crippen molar-refractivity contribution >= 4 is 23.2 Å². The summed E-state index contributed by atoms with van der Waals surface area (Å²) in [6.45, 7) is 9.06. The van der Waals surface area contributed by atoms with E-state index in [-0.39, 0.29) is 31.0 Å². The number of ether oxygens (including phenoxy) is 3. The molecule has 0 radical (unpaired) electrons. The van der Waals surface area contributed by atoms with Crippen LogP contribution in [0.1, 0.15) is 13.8 Å². The Morgan fingerprint density at radius 3 is 2.73 bits per heavy atom. The molecule has 178 valence electrons. The van der Waals surface area contributed by atoms with Gasteiger partial charge in [-0.05, 0) is 55.9 Å². The lowest BCUT2D eigenvalue weighted by Crippen LogP contribution is -2.37. The molecule has 1 aliphatic rings. The Morgan fingerprint density at radius 2 is 2.00 bits per heavy atom. The normalized spacial score (nSPS) is 18.8. The molecule has 0 aromatic rings. The van der Waals surface area contributed by atoms with Crippen LogP contribution >= 0.6 is 12.2 Å². The second kappa shape index (κ2) is 17.4. The van der Waals surface area contributed by atoms with Crippen molar-refractivity contribution in [3.63, 3.8) is 0 Å². The van der Waals surface area contributed by atoms with Crippen molar-refractivity contribution in [3.8, 4) is 0 Å². The SMILES string of the molecule is C=C(/C=C\C=C/C)CNC(/C=C/NC(=S)NC(=O)C1=C/COCOC/C(OC)=C\1)=C/C=C\C. The van der Waals surface area contributed by atoms with E-state index >= 15 is 0 Å². The lowest BCUT2D eigenvalue weighted by Gasteiger charge is -2.10. The van der Waals surface area contributed by atoms with E-state index in [1.54, 1.807) is 18.4 Å². The van der Waals surface area contributed by atoms with Crippen LogP contribution in [-0.4, -0.2) is 44.7 Å². The molecule has 0 saturated carbocycles. The molecule has 0 aromatic heterocycles. The topological polar surface area (TPSA) is 80.9 Å². The first kappa shape index (κ1) is 27.8. The van der Waals surface area contributed by atoms with Crippen molar-refractivity contribution in [1.82, 2.24) is 16.0 Å². The number of methoxy groups -OCH3 is 1. The number of allylic oxidation sites excluding steroid dienone is 7. The van der Waals surface area contributed by atoms with Crippen LogP contribution in [0.15, 0.2) is 96.1 Å². The van der Waals surface area contributed by atoms with Crippen molar-refractivity contribution < 1.29 is 19.0 Å². The fourth-order valence-electron chi connectivity index (χ4n) is 2.32. The first-order valence-corrected chi connectivity index (χ1v) is 10.8. The highest BCUT2D eigenvalue weighted by molar-refractivity contribution is 7.80. The van der Waals surface area contributed by atoms with Crippen molar-refractivity contribution in [3.05, 3.63) is 96.1 Å². The molecule has 7 nitrogen and oxygen atoms in total.